The highest BCUT2D eigenvalue weighted by Gasteiger charge is 2.32. The van der Waals surface area contributed by atoms with Crippen molar-refractivity contribution >= 4 is 17.5 Å². The van der Waals surface area contributed by atoms with E-state index in [1.54, 1.807) is 18.0 Å². The molecule has 0 unspecified atom stereocenters. The fourth-order valence-corrected chi connectivity index (χ4v) is 3.35. The Labute approximate surface area is 158 Å². The summed E-state index contributed by atoms with van der Waals surface area (Å²) in [5.41, 5.74) is 3.24. The minimum atomic E-state index is -0.611. The zero-order valence-corrected chi connectivity index (χ0v) is 15.7. The minimum Gasteiger partial charge on any atom is -0.492 e. The summed E-state index contributed by atoms with van der Waals surface area (Å²) in [6.07, 6.45) is 0.0553. The number of hydrogen-bond donors (Lipinski definition) is 1. The topological polar surface area (TPSA) is 58.6 Å². The largest absolute Gasteiger partial charge is 0.492 e. The molecule has 0 saturated heterocycles. The SMILES string of the molecule is Cc1cc(C)cc(OCCN(C)C(=O)[C@@H]2CC(=O)Nc3cc(F)ccc32)c1. The Bertz CT molecular complexity index is 861. The molecule has 142 valence electrons. The molecule has 0 aliphatic carbocycles. The Morgan fingerprint density at radius 1 is 1.22 bits per heavy atom. The average molecular weight is 370 g/mol. The summed E-state index contributed by atoms with van der Waals surface area (Å²) in [5, 5.41) is 2.63. The molecule has 1 N–H and O–H groups in total. The van der Waals surface area contributed by atoms with Crippen molar-refractivity contribution in [3.63, 3.8) is 0 Å². The second-order valence-electron chi connectivity index (χ2n) is 6.97. The minimum absolute atomic E-state index is 0.0553. The van der Waals surface area contributed by atoms with E-state index >= 15 is 0 Å². The van der Waals surface area contributed by atoms with Gasteiger partial charge in [-0.15, -0.1) is 0 Å². The number of nitrogens with one attached hydrogen (secondary N) is 1. The van der Waals surface area contributed by atoms with Crippen LogP contribution in [0.2, 0.25) is 0 Å². The molecule has 2 aromatic carbocycles. The Balaban J connectivity index is 1.64. The molecule has 2 aromatic rings. The molecule has 5 nitrogen and oxygen atoms in total. The maximum atomic E-state index is 13.4. The van der Waals surface area contributed by atoms with Gasteiger partial charge in [-0.3, -0.25) is 9.59 Å². The lowest BCUT2D eigenvalue weighted by molar-refractivity contribution is -0.134. The number of fused-ring (bicyclic) bond motifs is 1. The first-order valence-corrected chi connectivity index (χ1v) is 8.89. The van der Waals surface area contributed by atoms with Crippen molar-refractivity contribution in [2.45, 2.75) is 26.2 Å². The van der Waals surface area contributed by atoms with E-state index in [-0.39, 0.29) is 18.2 Å². The first-order chi connectivity index (χ1) is 12.8. The zero-order chi connectivity index (χ0) is 19.6. The van der Waals surface area contributed by atoms with Gasteiger partial charge in [0.1, 0.15) is 18.2 Å². The van der Waals surface area contributed by atoms with E-state index < -0.39 is 11.7 Å². The van der Waals surface area contributed by atoms with Gasteiger partial charge in [-0.25, -0.2) is 4.39 Å². The van der Waals surface area contributed by atoms with Crippen molar-refractivity contribution in [1.29, 1.82) is 0 Å². The summed E-state index contributed by atoms with van der Waals surface area (Å²) in [5.74, 6) is -0.753. The first kappa shape index (κ1) is 18.9. The Hall–Kier alpha value is -2.89. The normalized spacial score (nSPS) is 15.7. The summed E-state index contributed by atoms with van der Waals surface area (Å²) in [6.45, 7) is 4.74. The molecule has 0 aromatic heterocycles. The van der Waals surface area contributed by atoms with E-state index in [0.29, 0.717) is 24.4 Å². The van der Waals surface area contributed by atoms with Crippen LogP contribution in [0.5, 0.6) is 5.75 Å². The van der Waals surface area contributed by atoms with E-state index in [1.807, 2.05) is 26.0 Å². The fourth-order valence-electron chi connectivity index (χ4n) is 3.35. The first-order valence-electron chi connectivity index (χ1n) is 8.89. The van der Waals surface area contributed by atoms with Crippen LogP contribution in [0.3, 0.4) is 0 Å². The molecule has 1 atom stereocenters. The number of rotatable bonds is 5. The molecule has 0 bridgehead atoms. The van der Waals surface area contributed by atoms with Crippen LogP contribution in [-0.2, 0) is 9.59 Å². The average Bonchev–Trinajstić information content (AvgIpc) is 2.59. The van der Waals surface area contributed by atoms with Gasteiger partial charge in [0.25, 0.3) is 0 Å². The molecule has 0 fully saturated rings. The predicted molar refractivity (Wildman–Crippen MR) is 101 cm³/mol. The molecule has 1 heterocycles. The fraction of sp³-hybridized carbons (Fsp3) is 0.333. The lowest BCUT2D eigenvalue weighted by Gasteiger charge is -2.28. The van der Waals surface area contributed by atoms with Gasteiger partial charge in [-0.1, -0.05) is 12.1 Å². The molecular weight excluding hydrogens is 347 g/mol. The number of hydrogen-bond acceptors (Lipinski definition) is 3. The standard InChI is InChI=1S/C21H23FN2O3/c1-13-8-14(2)10-16(9-13)27-7-6-24(3)21(26)18-12-20(25)23-19-11-15(22)4-5-17(18)19/h4-5,8-11,18H,6-7,12H2,1-3H3,(H,23,25)/t18-/m1/s1. The smallest absolute Gasteiger partial charge is 0.230 e. The van der Waals surface area contributed by atoms with Crippen LogP contribution in [0.15, 0.2) is 36.4 Å². The summed E-state index contributed by atoms with van der Waals surface area (Å²) < 4.78 is 19.2. The van der Waals surface area contributed by atoms with Crippen molar-refractivity contribution in [2.75, 3.05) is 25.5 Å². The lowest BCUT2D eigenvalue weighted by Crippen LogP contribution is -2.38. The van der Waals surface area contributed by atoms with Gasteiger partial charge in [0, 0.05) is 19.2 Å². The Kier molecular flexibility index (Phi) is 5.44. The molecule has 2 amide bonds. The van der Waals surface area contributed by atoms with Crippen molar-refractivity contribution in [3.05, 3.63) is 58.9 Å². The zero-order valence-electron chi connectivity index (χ0n) is 15.7. The van der Waals surface area contributed by atoms with E-state index in [0.717, 1.165) is 16.9 Å². The number of carbonyl (C=O) groups excluding carboxylic acids is 2. The highest BCUT2D eigenvalue weighted by molar-refractivity contribution is 6.01. The number of amides is 2. The second kappa shape index (κ2) is 7.78. The number of likely N-dealkylation sites (N-methyl/N-ethyl adjacent to an activating group) is 1. The highest BCUT2D eigenvalue weighted by Crippen LogP contribution is 2.33. The van der Waals surface area contributed by atoms with E-state index in [4.69, 9.17) is 4.74 Å². The number of aryl methyl sites for hydroxylation is 2. The number of anilines is 1. The van der Waals surface area contributed by atoms with Crippen molar-refractivity contribution < 1.29 is 18.7 Å². The molecular formula is C21H23FN2O3. The number of halogens is 1. The van der Waals surface area contributed by atoms with Gasteiger partial charge in [0.15, 0.2) is 0 Å². The molecule has 1 aliphatic rings. The van der Waals surface area contributed by atoms with Crippen molar-refractivity contribution in [2.24, 2.45) is 0 Å². The summed E-state index contributed by atoms with van der Waals surface area (Å²) in [6, 6.07) is 10.1. The van der Waals surface area contributed by atoms with Gasteiger partial charge in [0.2, 0.25) is 11.8 Å². The van der Waals surface area contributed by atoms with Crippen LogP contribution in [0.1, 0.15) is 29.0 Å². The molecule has 6 heteroatoms. The molecule has 1 aliphatic heterocycles. The summed E-state index contributed by atoms with van der Waals surface area (Å²) in [4.78, 5) is 26.3. The Morgan fingerprint density at radius 2 is 1.93 bits per heavy atom. The number of benzene rings is 2. The van der Waals surface area contributed by atoms with Crippen LogP contribution < -0.4 is 10.1 Å². The summed E-state index contributed by atoms with van der Waals surface area (Å²) >= 11 is 0. The maximum Gasteiger partial charge on any atom is 0.230 e. The number of carbonyl (C=O) groups is 2. The predicted octanol–water partition coefficient (Wildman–Crippen LogP) is 3.41. The van der Waals surface area contributed by atoms with Crippen molar-refractivity contribution in [1.82, 2.24) is 4.90 Å². The lowest BCUT2D eigenvalue weighted by atomic mass is 9.89. The molecule has 3 rings (SSSR count). The summed E-state index contributed by atoms with van der Waals surface area (Å²) in [7, 11) is 1.68. The molecule has 0 saturated carbocycles. The second-order valence-corrected chi connectivity index (χ2v) is 6.97. The van der Waals surface area contributed by atoms with Crippen LogP contribution in [0.25, 0.3) is 0 Å². The molecule has 0 radical (unpaired) electrons. The van der Waals surface area contributed by atoms with Gasteiger partial charge in [0.05, 0.1) is 12.5 Å². The molecule has 0 spiro atoms. The van der Waals surface area contributed by atoms with Crippen LogP contribution in [0.4, 0.5) is 10.1 Å². The van der Waals surface area contributed by atoms with Gasteiger partial charge in [-0.2, -0.15) is 0 Å². The van der Waals surface area contributed by atoms with Gasteiger partial charge >= 0.3 is 0 Å². The van der Waals surface area contributed by atoms with E-state index in [2.05, 4.69) is 11.4 Å². The van der Waals surface area contributed by atoms with Crippen LogP contribution >= 0.6 is 0 Å². The van der Waals surface area contributed by atoms with Gasteiger partial charge < -0.3 is 15.0 Å². The third-order valence-corrected chi connectivity index (χ3v) is 4.62. The van der Waals surface area contributed by atoms with Gasteiger partial charge in [-0.05, 0) is 54.8 Å². The Morgan fingerprint density at radius 3 is 2.63 bits per heavy atom. The van der Waals surface area contributed by atoms with Crippen molar-refractivity contribution in [3.8, 4) is 5.75 Å². The quantitative estimate of drug-likeness (QED) is 0.878. The third-order valence-electron chi connectivity index (χ3n) is 4.62. The van der Waals surface area contributed by atoms with E-state index in [1.165, 1.54) is 12.1 Å². The maximum absolute atomic E-state index is 13.4. The third kappa shape index (κ3) is 4.45. The van der Waals surface area contributed by atoms with Crippen LogP contribution in [-0.4, -0.2) is 36.9 Å². The number of ether oxygens (including phenoxy) is 1. The monoisotopic (exact) mass is 370 g/mol. The molecule has 27 heavy (non-hydrogen) atoms. The highest BCUT2D eigenvalue weighted by atomic mass is 19.1. The number of nitrogens with zero attached hydrogens (tertiary/aromatic N) is 1. The van der Waals surface area contributed by atoms with E-state index in [9.17, 15) is 14.0 Å². The van der Waals surface area contributed by atoms with Crippen LogP contribution in [0, 0.1) is 19.7 Å².